The minimum absolute atomic E-state index is 0.227. The zero-order chi connectivity index (χ0) is 22.0. The van der Waals surface area contributed by atoms with Gasteiger partial charge in [-0.15, -0.1) is 0 Å². The number of hydrogen-bond donors (Lipinski definition) is 1. The topological polar surface area (TPSA) is 77.8 Å². The Morgan fingerprint density at radius 3 is 2.16 bits per heavy atom. The first-order valence-electron chi connectivity index (χ1n) is 9.67. The predicted molar refractivity (Wildman–Crippen MR) is 118 cm³/mol. The highest BCUT2D eigenvalue weighted by molar-refractivity contribution is 6.11. The summed E-state index contributed by atoms with van der Waals surface area (Å²) in [7, 11) is 3.10. The normalized spacial score (nSPS) is 10.7. The van der Waals surface area contributed by atoms with Gasteiger partial charge < -0.3 is 19.2 Å². The Balaban J connectivity index is 1.62. The van der Waals surface area contributed by atoms with Crippen molar-refractivity contribution >= 4 is 28.3 Å². The maximum atomic E-state index is 13.0. The fourth-order valence-corrected chi connectivity index (χ4v) is 3.38. The fourth-order valence-electron chi connectivity index (χ4n) is 3.38. The highest BCUT2D eigenvalue weighted by Gasteiger charge is 2.20. The van der Waals surface area contributed by atoms with Crippen molar-refractivity contribution in [3.63, 3.8) is 0 Å². The van der Waals surface area contributed by atoms with E-state index in [1.165, 1.54) is 0 Å². The zero-order valence-corrected chi connectivity index (χ0v) is 17.4. The first-order chi connectivity index (χ1) is 15.0. The summed E-state index contributed by atoms with van der Waals surface area (Å²) < 4.78 is 16.3. The van der Waals surface area contributed by atoms with Crippen LogP contribution in [0.5, 0.6) is 11.5 Å². The molecule has 0 unspecified atom stereocenters. The van der Waals surface area contributed by atoms with Crippen molar-refractivity contribution in [3.05, 3.63) is 89.2 Å². The molecule has 6 nitrogen and oxygen atoms in total. The van der Waals surface area contributed by atoms with Gasteiger partial charge in [0.05, 0.1) is 14.2 Å². The molecule has 156 valence electrons. The molecule has 0 spiro atoms. The van der Waals surface area contributed by atoms with Crippen LogP contribution in [0.25, 0.3) is 11.0 Å². The largest absolute Gasteiger partial charge is 0.497 e. The van der Waals surface area contributed by atoms with E-state index in [9.17, 15) is 9.59 Å². The maximum Gasteiger partial charge on any atom is 0.255 e. The number of carbonyl (C=O) groups is 2. The number of fused-ring (bicyclic) bond motifs is 1. The summed E-state index contributed by atoms with van der Waals surface area (Å²) in [6.07, 6.45) is 0. The predicted octanol–water partition coefficient (Wildman–Crippen LogP) is 5.24. The number of carbonyl (C=O) groups excluding carboxylic acids is 2. The molecule has 0 bridgehead atoms. The summed E-state index contributed by atoms with van der Waals surface area (Å²) in [6.45, 7) is 1.84. The minimum Gasteiger partial charge on any atom is -0.497 e. The Hall–Kier alpha value is -4.06. The van der Waals surface area contributed by atoms with E-state index in [2.05, 4.69) is 5.32 Å². The van der Waals surface area contributed by atoms with Gasteiger partial charge in [-0.3, -0.25) is 9.59 Å². The van der Waals surface area contributed by atoms with Gasteiger partial charge >= 0.3 is 0 Å². The van der Waals surface area contributed by atoms with Gasteiger partial charge in [0.1, 0.15) is 17.1 Å². The molecule has 4 aromatic rings. The first-order valence-corrected chi connectivity index (χ1v) is 9.67. The molecule has 3 aromatic carbocycles. The second-order valence-corrected chi connectivity index (χ2v) is 7.01. The smallest absolute Gasteiger partial charge is 0.255 e. The highest BCUT2D eigenvalue weighted by Crippen LogP contribution is 2.30. The van der Waals surface area contributed by atoms with Crippen LogP contribution in [-0.2, 0) is 0 Å². The number of anilines is 1. The van der Waals surface area contributed by atoms with Crippen LogP contribution in [0.4, 0.5) is 5.69 Å². The molecule has 6 heteroatoms. The van der Waals surface area contributed by atoms with Crippen LogP contribution in [0.2, 0.25) is 0 Å². The minimum atomic E-state index is -0.269. The summed E-state index contributed by atoms with van der Waals surface area (Å²) in [6, 6.07) is 19.2. The molecular formula is C25H21NO5. The van der Waals surface area contributed by atoms with Gasteiger partial charge in [-0.05, 0) is 49.4 Å². The molecule has 0 saturated heterocycles. The molecular weight excluding hydrogens is 394 g/mol. The molecule has 1 heterocycles. The summed E-state index contributed by atoms with van der Waals surface area (Å²) in [5.41, 5.74) is 2.78. The van der Waals surface area contributed by atoms with Gasteiger partial charge in [0, 0.05) is 33.8 Å². The lowest BCUT2D eigenvalue weighted by atomic mass is 10.0. The molecule has 0 fully saturated rings. The van der Waals surface area contributed by atoms with E-state index in [0.717, 1.165) is 10.9 Å². The summed E-state index contributed by atoms with van der Waals surface area (Å²) >= 11 is 0. The molecule has 1 amide bonds. The van der Waals surface area contributed by atoms with E-state index in [0.29, 0.717) is 33.9 Å². The molecule has 0 aliphatic heterocycles. The summed E-state index contributed by atoms with van der Waals surface area (Å²) in [5.74, 6) is 0.968. The highest BCUT2D eigenvalue weighted by atomic mass is 16.5. The van der Waals surface area contributed by atoms with E-state index < -0.39 is 0 Å². The third-order valence-electron chi connectivity index (χ3n) is 5.07. The Kier molecular flexibility index (Phi) is 5.45. The van der Waals surface area contributed by atoms with Crippen LogP contribution in [0.1, 0.15) is 32.0 Å². The van der Waals surface area contributed by atoms with E-state index in [4.69, 9.17) is 13.9 Å². The number of aryl methyl sites for hydroxylation is 1. The maximum absolute atomic E-state index is 13.0. The monoisotopic (exact) mass is 415 g/mol. The second-order valence-electron chi connectivity index (χ2n) is 7.01. The van der Waals surface area contributed by atoms with Crippen molar-refractivity contribution < 1.29 is 23.5 Å². The van der Waals surface area contributed by atoms with Crippen molar-refractivity contribution in [2.75, 3.05) is 19.5 Å². The second kappa shape index (κ2) is 8.36. The molecule has 4 rings (SSSR count). The number of nitrogens with one attached hydrogen (secondary N) is 1. The number of benzene rings is 3. The van der Waals surface area contributed by atoms with Gasteiger partial charge in [-0.25, -0.2) is 0 Å². The molecule has 0 atom stereocenters. The Morgan fingerprint density at radius 1 is 0.839 bits per heavy atom. The van der Waals surface area contributed by atoms with Gasteiger partial charge in [0.2, 0.25) is 5.78 Å². The lowest BCUT2D eigenvalue weighted by Crippen LogP contribution is -2.11. The van der Waals surface area contributed by atoms with Crippen LogP contribution in [0.15, 0.2) is 71.1 Å². The Labute approximate surface area is 179 Å². The first kappa shape index (κ1) is 20.2. The molecule has 0 aliphatic carbocycles. The van der Waals surface area contributed by atoms with Crippen molar-refractivity contribution in [3.8, 4) is 11.5 Å². The van der Waals surface area contributed by atoms with E-state index in [-0.39, 0.29) is 17.5 Å². The number of rotatable bonds is 6. The van der Waals surface area contributed by atoms with E-state index in [1.807, 2.05) is 13.0 Å². The number of amides is 1. The number of furan rings is 1. The van der Waals surface area contributed by atoms with Crippen LogP contribution >= 0.6 is 0 Å². The van der Waals surface area contributed by atoms with Crippen LogP contribution in [-0.4, -0.2) is 25.9 Å². The number of ether oxygens (including phenoxy) is 2. The average Bonchev–Trinajstić information content (AvgIpc) is 3.14. The van der Waals surface area contributed by atoms with Crippen LogP contribution in [0, 0.1) is 6.92 Å². The van der Waals surface area contributed by atoms with Crippen molar-refractivity contribution in [2.45, 2.75) is 6.92 Å². The number of hydrogen-bond acceptors (Lipinski definition) is 5. The third kappa shape index (κ3) is 4.00. The SMILES string of the molecule is COc1cccc(C(=O)Nc2ccc3c(C)c(C(=O)c4cccc(OC)c4)oc3c2)c1. The van der Waals surface area contributed by atoms with Gasteiger partial charge in [0.15, 0.2) is 5.76 Å². The summed E-state index contributed by atoms with van der Waals surface area (Å²) in [4.78, 5) is 25.6. The molecule has 0 radical (unpaired) electrons. The Bertz CT molecular complexity index is 1290. The quantitative estimate of drug-likeness (QED) is 0.436. The number of ketones is 1. The van der Waals surface area contributed by atoms with Gasteiger partial charge in [-0.2, -0.15) is 0 Å². The molecule has 1 aromatic heterocycles. The summed E-state index contributed by atoms with van der Waals surface area (Å²) in [5, 5.41) is 3.66. The van der Waals surface area contributed by atoms with E-state index >= 15 is 0 Å². The van der Waals surface area contributed by atoms with Crippen molar-refractivity contribution in [1.29, 1.82) is 0 Å². The van der Waals surface area contributed by atoms with Crippen molar-refractivity contribution in [2.24, 2.45) is 0 Å². The lowest BCUT2D eigenvalue weighted by Gasteiger charge is -2.06. The lowest BCUT2D eigenvalue weighted by molar-refractivity contribution is 0.101. The molecule has 0 saturated carbocycles. The van der Waals surface area contributed by atoms with Crippen LogP contribution in [0.3, 0.4) is 0 Å². The average molecular weight is 415 g/mol. The van der Waals surface area contributed by atoms with Gasteiger partial charge in [-0.1, -0.05) is 18.2 Å². The van der Waals surface area contributed by atoms with Crippen molar-refractivity contribution in [1.82, 2.24) is 0 Å². The molecule has 1 N–H and O–H groups in total. The molecule has 0 aliphatic rings. The van der Waals surface area contributed by atoms with Crippen LogP contribution < -0.4 is 14.8 Å². The van der Waals surface area contributed by atoms with E-state index in [1.54, 1.807) is 74.9 Å². The fraction of sp³-hybridized carbons (Fsp3) is 0.120. The Morgan fingerprint density at radius 2 is 1.48 bits per heavy atom. The number of methoxy groups -OCH3 is 2. The standard InChI is InChI=1S/C25H21NO5/c1-15-21-11-10-18(26-25(28)17-7-5-9-20(13-17)30-3)14-22(21)31-24(15)23(27)16-6-4-8-19(12-16)29-2/h4-14H,1-3H3,(H,26,28). The van der Waals surface area contributed by atoms with Gasteiger partial charge in [0.25, 0.3) is 5.91 Å². The zero-order valence-electron chi connectivity index (χ0n) is 17.4. The third-order valence-corrected chi connectivity index (χ3v) is 5.07. The molecule has 31 heavy (non-hydrogen) atoms.